The third-order valence-corrected chi connectivity index (χ3v) is 3.76. The number of carbonyl (C=O) groups excluding carboxylic acids is 1. The summed E-state index contributed by atoms with van der Waals surface area (Å²) in [6, 6.07) is 8.89. The van der Waals surface area contributed by atoms with E-state index in [1.807, 2.05) is 22.6 Å². The van der Waals surface area contributed by atoms with Crippen molar-refractivity contribution in [2.45, 2.75) is 0 Å². The lowest BCUT2D eigenvalue weighted by Crippen LogP contribution is -2.14. The number of anilines is 1. The van der Waals surface area contributed by atoms with E-state index >= 15 is 0 Å². The lowest BCUT2D eigenvalue weighted by molar-refractivity contribution is 0.102. The maximum atomic E-state index is 13.5. The first kappa shape index (κ1) is 14.6. The molecule has 0 aliphatic rings. The summed E-state index contributed by atoms with van der Waals surface area (Å²) >= 11 is 13.6. The molecule has 0 saturated heterocycles. The van der Waals surface area contributed by atoms with Crippen LogP contribution in [-0.4, -0.2) is 5.91 Å². The molecule has 2 rings (SSSR count). The minimum Gasteiger partial charge on any atom is -0.319 e. The molecule has 0 heterocycles. The van der Waals surface area contributed by atoms with E-state index in [4.69, 9.17) is 23.2 Å². The van der Waals surface area contributed by atoms with E-state index in [0.717, 1.165) is 3.57 Å². The molecule has 0 radical (unpaired) electrons. The van der Waals surface area contributed by atoms with Crippen LogP contribution in [-0.2, 0) is 0 Å². The predicted molar refractivity (Wildman–Crippen MR) is 83.5 cm³/mol. The molecule has 0 fully saturated rings. The molecule has 0 aliphatic heterocycles. The molecular weight excluding hydrogens is 403 g/mol. The Kier molecular flexibility index (Phi) is 4.65. The molecule has 0 unspecified atom stereocenters. The minimum absolute atomic E-state index is 0.0354. The number of amides is 1. The molecular formula is C13H7Cl2FINO. The summed E-state index contributed by atoms with van der Waals surface area (Å²) in [4.78, 5) is 12.1. The van der Waals surface area contributed by atoms with Gasteiger partial charge in [0.15, 0.2) is 0 Å². The largest absolute Gasteiger partial charge is 0.319 e. The topological polar surface area (TPSA) is 29.1 Å². The van der Waals surface area contributed by atoms with Crippen LogP contribution in [0.5, 0.6) is 0 Å². The van der Waals surface area contributed by atoms with Crippen LogP contribution in [0.3, 0.4) is 0 Å². The van der Waals surface area contributed by atoms with Gasteiger partial charge in [0.05, 0.1) is 11.3 Å². The highest BCUT2D eigenvalue weighted by atomic mass is 127. The van der Waals surface area contributed by atoms with Crippen molar-refractivity contribution in [2.24, 2.45) is 0 Å². The maximum absolute atomic E-state index is 13.5. The van der Waals surface area contributed by atoms with Crippen LogP contribution in [0.25, 0.3) is 0 Å². The van der Waals surface area contributed by atoms with E-state index in [1.54, 1.807) is 12.1 Å². The summed E-state index contributed by atoms with van der Waals surface area (Å²) in [5.41, 5.74) is 0.417. The number of nitrogens with one attached hydrogen (secondary N) is 1. The Morgan fingerprint density at radius 2 is 1.74 bits per heavy atom. The van der Waals surface area contributed by atoms with Crippen LogP contribution < -0.4 is 5.32 Å². The molecule has 0 aromatic heterocycles. The highest BCUT2D eigenvalue weighted by Gasteiger charge is 2.13. The van der Waals surface area contributed by atoms with Gasteiger partial charge in [-0.3, -0.25) is 4.79 Å². The van der Waals surface area contributed by atoms with Gasteiger partial charge in [0.2, 0.25) is 0 Å². The third-order valence-electron chi connectivity index (χ3n) is 2.35. The van der Waals surface area contributed by atoms with Gasteiger partial charge in [0.1, 0.15) is 5.82 Å². The molecule has 1 N–H and O–H groups in total. The number of hydrogen-bond donors (Lipinski definition) is 1. The molecule has 0 spiro atoms. The van der Waals surface area contributed by atoms with Crippen LogP contribution in [0.15, 0.2) is 36.4 Å². The summed E-state index contributed by atoms with van der Waals surface area (Å²) < 4.78 is 14.2. The third kappa shape index (κ3) is 3.58. The summed E-state index contributed by atoms with van der Waals surface area (Å²) in [5, 5.41) is 3.26. The van der Waals surface area contributed by atoms with Crippen LogP contribution in [0.4, 0.5) is 10.1 Å². The summed E-state index contributed by atoms with van der Waals surface area (Å²) in [5.74, 6) is -0.983. The second kappa shape index (κ2) is 6.07. The summed E-state index contributed by atoms with van der Waals surface area (Å²) in [6.45, 7) is 0. The maximum Gasteiger partial charge on any atom is 0.256 e. The molecule has 2 aromatic carbocycles. The Bertz CT molecular complexity index is 649. The van der Waals surface area contributed by atoms with Crippen LogP contribution in [0, 0.1) is 9.39 Å². The first-order valence-corrected chi connectivity index (χ1v) is 7.02. The van der Waals surface area contributed by atoms with Gasteiger partial charge in [-0.15, -0.1) is 0 Å². The van der Waals surface area contributed by atoms with Crippen molar-refractivity contribution in [1.82, 2.24) is 0 Å². The van der Waals surface area contributed by atoms with E-state index in [2.05, 4.69) is 5.32 Å². The average molecular weight is 410 g/mol. The summed E-state index contributed by atoms with van der Waals surface area (Å²) in [7, 11) is 0. The van der Waals surface area contributed by atoms with E-state index < -0.39 is 11.7 Å². The Balaban J connectivity index is 2.30. The molecule has 98 valence electrons. The standard InChI is InChI=1S/C13H7Cl2FINO/c14-7-2-4-11(17)9(5-7)13(19)18-12-6-8(15)1-3-10(12)16/h1-6H,(H,18,19). The number of hydrogen-bond acceptors (Lipinski definition) is 1. The van der Waals surface area contributed by atoms with E-state index in [1.165, 1.54) is 24.3 Å². The Hall–Kier alpha value is -0.850. The van der Waals surface area contributed by atoms with Gasteiger partial charge in [0.25, 0.3) is 5.91 Å². The van der Waals surface area contributed by atoms with Gasteiger partial charge >= 0.3 is 0 Å². The smallest absolute Gasteiger partial charge is 0.256 e. The van der Waals surface area contributed by atoms with Crippen LogP contribution >= 0.6 is 45.8 Å². The summed E-state index contributed by atoms with van der Waals surface area (Å²) in [6.07, 6.45) is 0. The number of halogens is 4. The Labute approximate surface area is 133 Å². The fourth-order valence-electron chi connectivity index (χ4n) is 1.45. The minimum atomic E-state index is -0.546. The molecule has 0 aliphatic carbocycles. The average Bonchev–Trinajstić information content (AvgIpc) is 2.36. The fraction of sp³-hybridized carbons (Fsp3) is 0. The van der Waals surface area contributed by atoms with Crippen LogP contribution in [0.1, 0.15) is 10.4 Å². The van der Waals surface area contributed by atoms with E-state index in [-0.39, 0.29) is 5.69 Å². The van der Waals surface area contributed by atoms with Crippen molar-refractivity contribution in [2.75, 3.05) is 5.32 Å². The zero-order valence-corrected chi connectivity index (χ0v) is 13.1. The Morgan fingerprint density at radius 3 is 2.47 bits per heavy atom. The normalized spacial score (nSPS) is 10.3. The predicted octanol–water partition coefficient (Wildman–Crippen LogP) is 4.99. The Morgan fingerprint density at radius 1 is 1.11 bits per heavy atom. The SMILES string of the molecule is O=C(Nc1cc(Cl)ccc1F)c1cc(Cl)ccc1I. The molecule has 0 bridgehead atoms. The van der Waals surface area contributed by atoms with Crippen molar-refractivity contribution in [3.8, 4) is 0 Å². The highest BCUT2D eigenvalue weighted by Crippen LogP contribution is 2.22. The van der Waals surface area contributed by atoms with Crippen molar-refractivity contribution in [1.29, 1.82) is 0 Å². The first-order valence-electron chi connectivity index (χ1n) is 5.19. The van der Waals surface area contributed by atoms with Gasteiger partial charge < -0.3 is 5.32 Å². The molecule has 1 amide bonds. The molecule has 19 heavy (non-hydrogen) atoms. The van der Waals surface area contributed by atoms with Gasteiger partial charge in [-0.25, -0.2) is 4.39 Å². The molecule has 0 saturated carbocycles. The second-order valence-corrected chi connectivity index (χ2v) is 5.74. The lowest BCUT2D eigenvalue weighted by atomic mass is 10.2. The lowest BCUT2D eigenvalue weighted by Gasteiger charge is -2.08. The van der Waals surface area contributed by atoms with Gasteiger partial charge in [-0.2, -0.15) is 0 Å². The highest BCUT2D eigenvalue weighted by molar-refractivity contribution is 14.1. The molecule has 2 nitrogen and oxygen atoms in total. The first-order chi connectivity index (χ1) is 8.97. The zero-order chi connectivity index (χ0) is 14.0. The van der Waals surface area contributed by atoms with Crippen molar-refractivity contribution < 1.29 is 9.18 Å². The number of carbonyl (C=O) groups is 1. The number of rotatable bonds is 2. The van der Waals surface area contributed by atoms with Crippen molar-refractivity contribution >= 4 is 57.4 Å². The fourth-order valence-corrected chi connectivity index (χ4v) is 2.38. The second-order valence-electron chi connectivity index (χ2n) is 3.70. The van der Waals surface area contributed by atoms with Crippen molar-refractivity contribution in [3.05, 3.63) is 61.4 Å². The van der Waals surface area contributed by atoms with Gasteiger partial charge in [-0.1, -0.05) is 23.2 Å². The molecule has 0 atom stereocenters. The quantitative estimate of drug-likeness (QED) is 0.695. The van der Waals surface area contributed by atoms with E-state index in [9.17, 15) is 9.18 Å². The van der Waals surface area contributed by atoms with Gasteiger partial charge in [0, 0.05) is 13.6 Å². The van der Waals surface area contributed by atoms with Crippen LogP contribution in [0.2, 0.25) is 10.0 Å². The number of benzene rings is 2. The molecule has 2 aromatic rings. The van der Waals surface area contributed by atoms with E-state index in [0.29, 0.717) is 15.6 Å². The van der Waals surface area contributed by atoms with Crippen molar-refractivity contribution in [3.63, 3.8) is 0 Å². The monoisotopic (exact) mass is 409 g/mol. The molecule has 6 heteroatoms. The zero-order valence-electron chi connectivity index (χ0n) is 9.38. The van der Waals surface area contributed by atoms with Gasteiger partial charge in [-0.05, 0) is 59.0 Å².